The van der Waals surface area contributed by atoms with Crippen molar-refractivity contribution in [3.8, 4) is 0 Å². The molecule has 2 rings (SSSR count). The molecule has 2 N–H and O–H groups in total. The molecule has 0 aromatic heterocycles. The minimum absolute atomic E-state index is 0.0715. The molecule has 140 valence electrons. The van der Waals surface area contributed by atoms with Gasteiger partial charge in [-0.2, -0.15) is 0 Å². The minimum atomic E-state index is -0.843. The van der Waals surface area contributed by atoms with E-state index in [1.165, 1.54) is 4.90 Å². The summed E-state index contributed by atoms with van der Waals surface area (Å²) in [7, 11) is 0. The van der Waals surface area contributed by atoms with Gasteiger partial charge in [0.15, 0.2) is 0 Å². The Hall–Kier alpha value is -2.12. The Labute approximate surface area is 148 Å². The van der Waals surface area contributed by atoms with Crippen molar-refractivity contribution in [2.75, 3.05) is 26.2 Å². The molecule has 2 aliphatic rings. The zero-order valence-electron chi connectivity index (χ0n) is 15.1. The summed E-state index contributed by atoms with van der Waals surface area (Å²) in [6.07, 6.45) is 5.15. The second-order valence-electron chi connectivity index (χ2n) is 6.68. The van der Waals surface area contributed by atoms with Crippen LogP contribution in [0.3, 0.4) is 0 Å². The third-order valence-corrected chi connectivity index (χ3v) is 4.94. The molecular weight excluding hydrogens is 324 g/mol. The maximum absolute atomic E-state index is 12.8. The Morgan fingerprint density at radius 2 is 1.80 bits per heavy atom. The van der Waals surface area contributed by atoms with Gasteiger partial charge in [0, 0.05) is 13.1 Å². The van der Waals surface area contributed by atoms with Crippen LogP contribution in [-0.4, -0.2) is 65.3 Å². The third kappa shape index (κ3) is 4.29. The zero-order valence-corrected chi connectivity index (χ0v) is 15.1. The highest BCUT2D eigenvalue weighted by molar-refractivity contribution is 6.09. The minimum Gasteiger partial charge on any atom is -0.355 e. The zero-order chi connectivity index (χ0) is 18.4. The van der Waals surface area contributed by atoms with Crippen LogP contribution in [0.4, 0.5) is 4.79 Å². The first-order valence-corrected chi connectivity index (χ1v) is 9.12. The summed E-state index contributed by atoms with van der Waals surface area (Å²) in [5.41, 5.74) is -0.843. The topological polar surface area (TPSA) is 98.8 Å². The maximum Gasteiger partial charge on any atom is 0.325 e. The second kappa shape index (κ2) is 8.31. The predicted molar refractivity (Wildman–Crippen MR) is 91.6 cm³/mol. The Bertz CT molecular complexity index is 541. The average molecular weight is 352 g/mol. The molecule has 25 heavy (non-hydrogen) atoms. The van der Waals surface area contributed by atoms with E-state index in [1.54, 1.807) is 13.8 Å². The molecule has 1 aliphatic carbocycles. The SMILES string of the molecule is CCNC(=O)CN(CC)C(=O)CN1C(=O)NC2(CCCCCC2)C1=O. The number of hydrogen-bond acceptors (Lipinski definition) is 4. The fourth-order valence-electron chi connectivity index (χ4n) is 3.53. The van der Waals surface area contributed by atoms with Crippen molar-refractivity contribution in [2.24, 2.45) is 0 Å². The molecule has 0 unspecified atom stereocenters. The number of rotatable bonds is 6. The number of nitrogens with zero attached hydrogens (tertiary/aromatic N) is 2. The third-order valence-electron chi connectivity index (χ3n) is 4.94. The number of nitrogens with one attached hydrogen (secondary N) is 2. The van der Waals surface area contributed by atoms with Crippen LogP contribution in [-0.2, 0) is 14.4 Å². The molecule has 1 heterocycles. The van der Waals surface area contributed by atoms with E-state index in [9.17, 15) is 19.2 Å². The number of urea groups is 1. The fourth-order valence-corrected chi connectivity index (χ4v) is 3.53. The standard InChI is InChI=1S/C17H28N4O4/c1-3-18-13(22)11-20(4-2)14(23)12-21-15(24)17(19-16(21)25)9-7-5-6-8-10-17/h3-12H2,1-2H3,(H,18,22)(H,19,25). The Balaban J connectivity index is 2.03. The monoisotopic (exact) mass is 352 g/mol. The smallest absolute Gasteiger partial charge is 0.325 e. The second-order valence-corrected chi connectivity index (χ2v) is 6.68. The first kappa shape index (κ1) is 19.2. The summed E-state index contributed by atoms with van der Waals surface area (Å²) in [6.45, 7) is 3.99. The number of carbonyl (C=O) groups is 4. The first-order chi connectivity index (χ1) is 11.9. The molecule has 0 aromatic carbocycles. The predicted octanol–water partition coefficient (Wildman–Crippen LogP) is 0.616. The van der Waals surface area contributed by atoms with E-state index in [2.05, 4.69) is 10.6 Å². The lowest BCUT2D eigenvalue weighted by molar-refractivity contribution is -0.140. The van der Waals surface area contributed by atoms with Crippen molar-refractivity contribution >= 4 is 23.8 Å². The summed E-state index contributed by atoms with van der Waals surface area (Å²) >= 11 is 0. The molecule has 8 nitrogen and oxygen atoms in total. The highest BCUT2D eigenvalue weighted by Gasteiger charge is 2.51. The van der Waals surface area contributed by atoms with E-state index in [-0.39, 0.29) is 24.9 Å². The van der Waals surface area contributed by atoms with E-state index < -0.39 is 17.5 Å². The van der Waals surface area contributed by atoms with Crippen molar-refractivity contribution in [1.29, 1.82) is 0 Å². The van der Waals surface area contributed by atoms with Gasteiger partial charge in [-0.3, -0.25) is 19.3 Å². The van der Waals surface area contributed by atoms with Crippen LogP contribution in [0.5, 0.6) is 0 Å². The first-order valence-electron chi connectivity index (χ1n) is 9.12. The fraction of sp³-hybridized carbons (Fsp3) is 0.765. The van der Waals surface area contributed by atoms with Crippen LogP contribution in [0, 0.1) is 0 Å². The molecule has 1 spiro atoms. The number of imide groups is 1. The Morgan fingerprint density at radius 1 is 1.16 bits per heavy atom. The number of carbonyl (C=O) groups excluding carboxylic acids is 4. The summed E-state index contributed by atoms with van der Waals surface area (Å²) in [5.74, 6) is -0.958. The van der Waals surface area contributed by atoms with Gasteiger partial charge in [-0.1, -0.05) is 25.7 Å². The van der Waals surface area contributed by atoms with E-state index in [0.29, 0.717) is 25.9 Å². The molecule has 8 heteroatoms. The molecule has 0 radical (unpaired) electrons. The molecule has 0 aromatic rings. The van der Waals surface area contributed by atoms with Crippen LogP contribution >= 0.6 is 0 Å². The lowest BCUT2D eigenvalue weighted by Gasteiger charge is -2.25. The Kier molecular flexibility index (Phi) is 6.39. The lowest BCUT2D eigenvalue weighted by Crippen LogP contribution is -2.48. The molecule has 0 bridgehead atoms. The maximum atomic E-state index is 12.8. The molecule has 5 amide bonds. The van der Waals surface area contributed by atoms with E-state index >= 15 is 0 Å². The van der Waals surface area contributed by atoms with Crippen molar-refractivity contribution in [1.82, 2.24) is 20.4 Å². The van der Waals surface area contributed by atoms with Gasteiger partial charge in [-0.15, -0.1) is 0 Å². The van der Waals surface area contributed by atoms with Crippen LogP contribution in [0.1, 0.15) is 52.4 Å². The highest BCUT2D eigenvalue weighted by atomic mass is 16.2. The van der Waals surface area contributed by atoms with E-state index in [4.69, 9.17) is 0 Å². The summed E-state index contributed by atoms with van der Waals surface area (Å²) in [5, 5.41) is 5.46. The molecule has 1 saturated carbocycles. The van der Waals surface area contributed by atoms with Crippen LogP contribution in [0.2, 0.25) is 0 Å². The lowest BCUT2D eigenvalue weighted by atomic mass is 9.90. The number of hydrogen-bond donors (Lipinski definition) is 2. The average Bonchev–Trinajstić information content (AvgIpc) is 2.75. The van der Waals surface area contributed by atoms with Gasteiger partial charge < -0.3 is 15.5 Å². The van der Waals surface area contributed by atoms with Crippen LogP contribution in [0.15, 0.2) is 0 Å². The molecular formula is C17H28N4O4. The van der Waals surface area contributed by atoms with Crippen LogP contribution < -0.4 is 10.6 Å². The highest BCUT2D eigenvalue weighted by Crippen LogP contribution is 2.32. The van der Waals surface area contributed by atoms with Crippen molar-refractivity contribution in [2.45, 2.75) is 57.9 Å². The van der Waals surface area contributed by atoms with Gasteiger partial charge in [0.05, 0.1) is 6.54 Å². The van der Waals surface area contributed by atoms with E-state index in [0.717, 1.165) is 30.6 Å². The van der Waals surface area contributed by atoms with Gasteiger partial charge in [0.25, 0.3) is 5.91 Å². The van der Waals surface area contributed by atoms with Gasteiger partial charge in [0.2, 0.25) is 11.8 Å². The normalized spacial score (nSPS) is 19.5. The molecule has 1 saturated heterocycles. The largest absolute Gasteiger partial charge is 0.355 e. The number of amides is 5. The van der Waals surface area contributed by atoms with Crippen LogP contribution in [0.25, 0.3) is 0 Å². The summed E-state index contributed by atoms with van der Waals surface area (Å²) in [6, 6.07) is -0.505. The van der Waals surface area contributed by atoms with Crippen molar-refractivity contribution in [3.63, 3.8) is 0 Å². The van der Waals surface area contributed by atoms with Gasteiger partial charge in [-0.05, 0) is 26.7 Å². The van der Waals surface area contributed by atoms with Gasteiger partial charge in [0.1, 0.15) is 12.1 Å². The number of likely N-dealkylation sites (N-methyl/N-ethyl adjacent to an activating group) is 2. The molecule has 2 fully saturated rings. The van der Waals surface area contributed by atoms with Gasteiger partial charge in [-0.25, -0.2) is 4.79 Å². The summed E-state index contributed by atoms with van der Waals surface area (Å²) < 4.78 is 0. The van der Waals surface area contributed by atoms with Crippen molar-refractivity contribution < 1.29 is 19.2 Å². The molecule has 0 atom stereocenters. The summed E-state index contributed by atoms with van der Waals surface area (Å²) in [4.78, 5) is 51.6. The van der Waals surface area contributed by atoms with Crippen molar-refractivity contribution in [3.05, 3.63) is 0 Å². The van der Waals surface area contributed by atoms with E-state index in [1.807, 2.05) is 0 Å². The molecule has 1 aliphatic heterocycles. The van der Waals surface area contributed by atoms with Gasteiger partial charge >= 0.3 is 6.03 Å². The Morgan fingerprint density at radius 3 is 2.36 bits per heavy atom. The quantitative estimate of drug-likeness (QED) is 0.685.